The van der Waals surface area contributed by atoms with E-state index in [1.807, 2.05) is 0 Å². The second-order valence-electron chi connectivity index (χ2n) is 16.5. The average Bonchev–Trinajstić information content (AvgIpc) is 3.59. The van der Waals surface area contributed by atoms with Gasteiger partial charge in [0.25, 0.3) is 0 Å². The van der Waals surface area contributed by atoms with Crippen LogP contribution in [0.5, 0.6) is 0 Å². The SMILES string of the molecule is CC1(C)c2ccccc2-c2c1ccc1c2-c2ccc(-c3c4ccccc4c(-c4ccc5cc(-c6ccccc6)ccc5c4)c4ccccc34)cc2C1(C)C. The zero-order valence-corrected chi connectivity index (χ0v) is 31.2. The van der Waals surface area contributed by atoms with Gasteiger partial charge in [0.2, 0.25) is 0 Å². The van der Waals surface area contributed by atoms with Gasteiger partial charge in [-0.3, -0.25) is 0 Å². The Kier molecular flexibility index (Phi) is 6.46. The molecule has 54 heavy (non-hydrogen) atoms. The van der Waals surface area contributed by atoms with E-state index in [1.54, 1.807) is 0 Å². The Balaban J connectivity index is 1.11. The molecule has 0 unspecified atom stereocenters. The average molecular weight is 689 g/mol. The second kappa shape index (κ2) is 11.1. The Morgan fingerprint density at radius 3 is 1.33 bits per heavy atom. The van der Waals surface area contributed by atoms with Gasteiger partial charge in [0.1, 0.15) is 0 Å². The minimum atomic E-state index is -0.131. The van der Waals surface area contributed by atoms with Crippen molar-refractivity contribution in [3.8, 4) is 55.6 Å². The standard InChI is InChI=1S/C54H40/c1-53(2)45-21-13-12-20-43(45)51-46(53)28-29-47-52(51)44-27-26-38(32-48(44)54(47,3)4)50-41-18-10-8-16-39(41)49(40-17-9-11-19-42(40)50)37-25-24-35-30-34(22-23-36(35)31-37)33-14-6-5-7-15-33/h5-32H,1-4H3. The van der Waals surface area contributed by atoms with E-state index in [4.69, 9.17) is 0 Å². The van der Waals surface area contributed by atoms with Gasteiger partial charge in [0.15, 0.2) is 0 Å². The van der Waals surface area contributed by atoms with Crippen molar-refractivity contribution in [3.63, 3.8) is 0 Å². The van der Waals surface area contributed by atoms with Gasteiger partial charge in [-0.1, -0.05) is 179 Å². The molecule has 0 N–H and O–H groups in total. The van der Waals surface area contributed by atoms with Crippen LogP contribution in [-0.2, 0) is 10.8 Å². The number of rotatable bonds is 3. The van der Waals surface area contributed by atoms with E-state index in [1.165, 1.54) is 110 Å². The Morgan fingerprint density at radius 1 is 0.278 bits per heavy atom. The van der Waals surface area contributed by atoms with Crippen LogP contribution in [0, 0.1) is 0 Å². The summed E-state index contributed by atoms with van der Waals surface area (Å²) in [6, 6.07) is 63.8. The summed E-state index contributed by atoms with van der Waals surface area (Å²) in [5, 5.41) is 7.65. The van der Waals surface area contributed by atoms with E-state index in [0.29, 0.717) is 0 Å². The molecular weight excluding hydrogens is 649 g/mol. The maximum atomic E-state index is 2.52. The highest BCUT2D eigenvalue weighted by atomic mass is 14.5. The van der Waals surface area contributed by atoms with Gasteiger partial charge in [0, 0.05) is 10.8 Å². The van der Waals surface area contributed by atoms with Crippen LogP contribution in [-0.4, -0.2) is 0 Å². The molecule has 0 spiro atoms. The predicted octanol–water partition coefficient (Wildman–Crippen LogP) is 14.8. The van der Waals surface area contributed by atoms with Crippen LogP contribution < -0.4 is 0 Å². The van der Waals surface area contributed by atoms with Crippen LogP contribution in [0.2, 0.25) is 0 Å². The Hall–Kier alpha value is -6.24. The van der Waals surface area contributed by atoms with Crippen molar-refractivity contribution >= 4 is 32.3 Å². The summed E-state index contributed by atoms with van der Waals surface area (Å²) in [5.41, 5.74) is 18.8. The second-order valence-corrected chi connectivity index (χ2v) is 16.5. The van der Waals surface area contributed by atoms with Crippen molar-refractivity contribution in [1.82, 2.24) is 0 Å². The third-order valence-corrected chi connectivity index (χ3v) is 12.8. The van der Waals surface area contributed by atoms with Crippen molar-refractivity contribution < 1.29 is 0 Å². The zero-order valence-electron chi connectivity index (χ0n) is 31.2. The predicted molar refractivity (Wildman–Crippen MR) is 230 cm³/mol. The zero-order chi connectivity index (χ0) is 36.3. The summed E-state index contributed by atoms with van der Waals surface area (Å²) in [7, 11) is 0. The van der Waals surface area contributed by atoms with Crippen molar-refractivity contribution in [2.75, 3.05) is 0 Å². The molecule has 0 bridgehead atoms. The fraction of sp³-hybridized carbons (Fsp3) is 0.111. The molecule has 11 rings (SSSR count). The van der Waals surface area contributed by atoms with E-state index in [9.17, 15) is 0 Å². The normalized spacial score (nSPS) is 14.6. The van der Waals surface area contributed by atoms with E-state index in [2.05, 4.69) is 198 Å². The molecule has 0 amide bonds. The lowest BCUT2D eigenvalue weighted by Crippen LogP contribution is -2.17. The molecule has 0 aromatic heterocycles. The largest absolute Gasteiger partial charge is 0.0622 e. The molecule has 0 atom stereocenters. The molecule has 0 radical (unpaired) electrons. The lowest BCUT2D eigenvalue weighted by Gasteiger charge is -2.24. The molecule has 9 aromatic carbocycles. The van der Waals surface area contributed by atoms with Gasteiger partial charge in [-0.15, -0.1) is 0 Å². The van der Waals surface area contributed by atoms with Gasteiger partial charge in [-0.05, 0) is 128 Å². The molecule has 0 aliphatic heterocycles. The van der Waals surface area contributed by atoms with Crippen LogP contribution in [0.1, 0.15) is 49.9 Å². The Labute approximate surface area is 317 Å². The highest BCUT2D eigenvalue weighted by Crippen LogP contribution is 2.59. The molecule has 0 heteroatoms. The van der Waals surface area contributed by atoms with Crippen molar-refractivity contribution in [2.45, 2.75) is 38.5 Å². The summed E-state index contributed by atoms with van der Waals surface area (Å²) < 4.78 is 0. The van der Waals surface area contributed by atoms with Gasteiger partial charge in [0.05, 0.1) is 0 Å². The highest BCUT2D eigenvalue weighted by Gasteiger charge is 2.43. The molecule has 0 saturated carbocycles. The molecule has 0 saturated heterocycles. The highest BCUT2D eigenvalue weighted by molar-refractivity contribution is 6.22. The minimum Gasteiger partial charge on any atom is -0.0622 e. The maximum Gasteiger partial charge on any atom is 0.0159 e. The first-order chi connectivity index (χ1) is 26.3. The van der Waals surface area contributed by atoms with Crippen LogP contribution in [0.4, 0.5) is 0 Å². The molecule has 2 aliphatic carbocycles. The van der Waals surface area contributed by atoms with Crippen molar-refractivity contribution in [2.24, 2.45) is 0 Å². The first kappa shape index (κ1) is 31.3. The number of fused-ring (bicyclic) bond motifs is 10. The van der Waals surface area contributed by atoms with Crippen molar-refractivity contribution in [1.29, 1.82) is 0 Å². The molecule has 0 heterocycles. The summed E-state index contributed by atoms with van der Waals surface area (Å²) in [5.74, 6) is 0. The molecule has 2 aliphatic rings. The van der Waals surface area contributed by atoms with Crippen LogP contribution >= 0.6 is 0 Å². The monoisotopic (exact) mass is 688 g/mol. The number of hydrogen-bond acceptors (Lipinski definition) is 0. The lowest BCUT2D eigenvalue weighted by molar-refractivity contribution is 0.651. The van der Waals surface area contributed by atoms with Gasteiger partial charge in [-0.25, -0.2) is 0 Å². The van der Waals surface area contributed by atoms with Gasteiger partial charge in [-0.2, -0.15) is 0 Å². The van der Waals surface area contributed by atoms with E-state index in [0.717, 1.165) is 0 Å². The molecule has 0 fully saturated rings. The third-order valence-electron chi connectivity index (χ3n) is 12.8. The summed E-state index contributed by atoms with van der Waals surface area (Å²) in [6.45, 7) is 9.60. The molecular formula is C54H40. The van der Waals surface area contributed by atoms with Crippen LogP contribution in [0.15, 0.2) is 170 Å². The molecule has 0 nitrogen and oxygen atoms in total. The third kappa shape index (κ3) is 4.26. The smallest absolute Gasteiger partial charge is 0.0159 e. The van der Waals surface area contributed by atoms with Crippen molar-refractivity contribution in [3.05, 3.63) is 192 Å². The number of hydrogen-bond donors (Lipinski definition) is 0. The topological polar surface area (TPSA) is 0 Å². The molecule has 256 valence electrons. The van der Waals surface area contributed by atoms with Crippen LogP contribution in [0.25, 0.3) is 88.0 Å². The lowest BCUT2D eigenvalue weighted by atomic mass is 9.78. The van der Waals surface area contributed by atoms with Crippen LogP contribution in [0.3, 0.4) is 0 Å². The summed E-state index contributed by atoms with van der Waals surface area (Å²) in [6.07, 6.45) is 0. The first-order valence-electron chi connectivity index (χ1n) is 19.3. The van der Waals surface area contributed by atoms with E-state index >= 15 is 0 Å². The van der Waals surface area contributed by atoms with E-state index in [-0.39, 0.29) is 10.8 Å². The molecule has 9 aromatic rings. The van der Waals surface area contributed by atoms with E-state index < -0.39 is 0 Å². The fourth-order valence-electron chi connectivity index (χ4n) is 10.1. The Morgan fingerprint density at radius 2 is 0.722 bits per heavy atom. The maximum absolute atomic E-state index is 2.52. The quantitative estimate of drug-likeness (QED) is 0.162. The fourth-order valence-corrected chi connectivity index (χ4v) is 10.1. The summed E-state index contributed by atoms with van der Waals surface area (Å²) in [4.78, 5) is 0. The van der Waals surface area contributed by atoms with Gasteiger partial charge < -0.3 is 0 Å². The summed E-state index contributed by atoms with van der Waals surface area (Å²) >= 11 is 0. The first-order valence-corrected chi connectivity index (χ1v) is 19.3. The number of benzene rings is 9. The minimum absolute atomic E-state index is 0.0243. The van der Waals surface area contributed by atoms with Gasteiger partial charge >= 0.3 is 0 Å². The Bertz CT molecular complexity index is 2970.